The molecule has 7 nitrogen and oxygen atoms in total. The Labute approximate surface area is 136 Å². The monoisotopic (exact) mass is 337 g/mol. The number of nitrogens with zero attached hydrogens (tertiary/aromatic N) is 1. The molecule has 1 atom stereocenters. The molecule has 8 heteroatoms. The van der Waals surface area contributed by atoms with E-state index in [0.29, 0.717) is 0 Å². The fourth-order valence-electron chi connectivity index (χ4n) is 2.39. The maximum Gasteiger partial charge on any atom is 0.339 e. The Morgan fingerprint density at radius 3 is 2.61 bits per heavy atom. The molecule has 1 saturated heterocycles. The number of anilines is 1. The molecule has 0 aliphatic carbocycles. The molecule has 1 aromatic carbocycles. The van der Waals surface area contributed by atoms with Crippen molar-refractivity contribution in [2.45, 2.75) is 18.6 Å². The van der Waals surface area contributed by atoms with Crippen molar-refractivity contribution in [3.8, 4) is 0 Å². The van der Waals surface area contributed by atoms with E-state index in [-0.39, 0.29) is 46.1 Å². The first-order valence-electron chi connectivity index (χ1n) is 6.76. The lowest BCUT2D eigenvalue weighted by atomic mass is 10.1. The Morgan fingerprint density at radius 2 is 2.04 bits per heavy atom. The molecule has 0 radical (unpaired) electrons. The predicted octanol–water partition coefficient (Wildman–Crippen LogP) is 1.56. The van der Waals surface area contributed by atoms with E-state index in [1.54, 1.807) is 0 Å². The molecule has 1 aliphatic heterocycles. The Bertz CT molecular complexity index is 687. The van der Waals surface area contributed by atoms with Crippen molar-refractivity contribution in [2.24, 2.45) is 0 Å². The summed E-state index contributed by atoms with van der Waals surface area (Å²) in [6, 6.07) is 3.87. The number of carbonyl (C=O) groups excluding carboxylic acids is 3. The van der Waals surface area contributed by atoms with E-state index in [4.69, 9.17) is 5.11 Å². The molecule has 1 aromatic rings. The molecule has 1 amide bonds. The van der Waals surface area contributed by atoms with E-state index in [2.05, 4.69) is 4.74 Å². The molecule has 0 bridgehead atoms. The number of amides is 1. The third-order valence-corrected chi connectivity index (χ3v) is 4.34. The summed E-state index contributed by atoms with van der Waals surface area (Å²) in [4.78, 5) is 47.8. The zero-order chi connectivity index (χ0) is 17.1. The minimum Gasteiger partial charge on any atom is -0.478 e. The zero-order valence-electron chi connectivity index (χ0n) is 12.6. The fourth-order valence-corrected chi connectivity index (χ4v) is 3.31. The largest absolute Gasteiger partial charge is 0.478 e. The van der Waals surface area contributed by atoms with Gasteiger partial charge < -0.3 is 14.7 Å². The first-order chi connectivity index (χ1) is 10.8. The average Bonchev–Trinajstić information content (AvgIpc) is 2.85. The molecule has 1 unspecified atom stereocenters. The first-order valence-corrected chi connectivity index (χ1v) is 7.64. The lowest BCUT2D eigenvalue weighted by Crippen LogP contribution is -2.27. The van der Waals surface area contributed by atoms with Gasteiger partial charge in [-0.05, 0) is 18.2 Å². The number of aromatic carboxylic acids is 1. The second-order valence-corrected chi connectivity index (χ2v) is 6.45. The number of carboxylic acid groups (broad SMARTS) is 1. The number of hydrogen-bond acceptors (Lipinski definition) is 6. The summed E-state index contributed by atoms with van der Waals surface area (Å²) in [5, 5.41) is 8.78. The first kappa shape index (κ1) is 17.0. The van der Waals surface area contributed by atoms with Crippen LogP contribution in [0.3, 0.4) is 0 Å². The number of methoxy groups -OCH3 is 1. The average molecular weight is 337 g/mol. The SMILES string of the molecule is COC(=O)c1ccc(C(=O)O)cc1N1CC(SC(C)=O)CC1=O. The van der Waals surface area contributed by atoms with Crippen LogP contribution in [0, 0.1) is 0 Å². The van der Waals surface area contributed by atoms with Crippen LogP contribution in [0.25, 0.3) is 0 Å². The van der Waals surface area contributed by atoms with Crippen molar-refractivity contribution < 1.29 is 29.0 Å². The Morgan fingerprint density at radius 1 is 1.35 bits per heavy atom. The second-order valence-electron chi connectivity index (χ2n) is 4.97. The van der Waals surface area contributed by atoms with E-state index in [0.717, 1.165) is 11.8 Å². The van der Waals surface area contributed by atoms with Gasteiger partial charge in [0.2, 0.25) is 5.91 Å². The van der Waals surface area contributed by atoms with E-state index in [1.807, 2.05) is 0 Å². The molecule has 1 N–H and O–H groups in total. The number of benzene rings is 1. The fraction of sp³-hybridized carbons (Fsp3) is 0.333. The van der Waals surface area contributed by atoms with Gasteiger partial charge in [0.25, 0.3) is 0 Å². The Kier molecular flexibility index (Phi) is 5.05. The molecular formula is C15H15NO6S. The maximum atomic E-state index is 12.2. The maximum absolute atomic E-state index is 12.2. The molecule has 0 aromatic heterocycles. The molecule has 0 spiro atoms. The topological polar surface area (TPSA) is 101 Å². The number of thioether (sulfide) groups is 1. The number of hydrogen-bond donors (Lipinski definition) is 1. The summed E-state index contributed by atoms with van der Waals surface area (Å²) >= 11 is 1.06. The van der Waals surface area contributed by atoms with Gasteiger partial charge in [0.1, 0.15) is 0 Å². The molecule has 1 heterocycles. The molecule has 1 aliphatic rings. The minimum absolute atomic E-state index is 0.0388. The third-order valence-electron chi connectivity index (χ3n) is 3.36. The van der Waals surface area contributed by atoms with E-state index < -0.39 is 11.9 Å². The molecule has 122 valence electrons. The van der Waals surface area contributed by atoms with Crippen LogP contribution in [-0.4, -0.2) is 47.0 Å². The molecule has 0 saturated carbocycles. The number of ether oxygens (including phenoxy) is 1. The lowest BCUT2D eigenvalue weighted by molar-refractivity contribution is -0.117. The van der Waals surface area contributed by atoms with E-state index >= 15 is 0 Å². The lowest BCUT2D eigenvalue weighted by Gasteiger charge is -2.20. The second kappa shape index (κ2) is 6.82. The molecular weight excluding hydrogens is 322 g/mol. The zero-order valence-corrected chi connectivity index (χ0v) is 13.4. The standard InChI is InChI=1S/C15H15NO6S/c1-8(17)23-10-6-13(18)16(7-10)12-5-9(14(19)20)3-4-11(12)15(21)22-2/h3-5,10H,6-7H2,1-2H3,(H,19,20). The number of rotatable bonds is 4. The summed E-state index contributed by atoms with van der Waals surface area (Å²) in [5.41, 5.74) is 0.260. The van der Waals surface area contributed by atoms with Crippen molar-refractivity contribution >= 4 is 40.4 Å². The summed E-state index contributed by atoms with van der Waals surface area (Å²) in [6.07, 6.45) is 0.155. The highest BCUT2D eigenvalue weighted by atomic mass is 32.2. The molecule has 1 fully saturated rings. The Balaban J connectivity index is 2.41. The highest BCUT2D eigenvalue weighted by molar-refractivity contribution is 8.14. The van der Waals surface area contributed by atoms with Gasteiger partial charge in [-0.15, -0.1) is 0 Å². The van der Waals surface area contributed by atoms with Crippen molar-refractivity contribution in [1.82, 2.24) is 0 Å². The van der Waals surface area contributed by atoms with Gasteiger partial charge in [-0.1, -0.05) is 11.8 Å². The van der Waals surface area contributed by atoms with Gasteiger partial charge in [-0.2, -0.15) is 0 Å². The van der Waals surface area contributed by atoms with Crippen LogP contribution in [0.15, 0.2) is 18.2 Å². The van der Waals surface area contributed by atoms with Crippen LogP contribution in [0.4, 0.5) is 5.69 Å². The number of esters is 1. The summed E-state index contributed by atoms with van der Waals surface area (Å²) in [7, 11) is 1.21. The van der Waals surface area contributed by atoms with Gasteiger partial charge in [0.05, 0.1) is 23.9 Å². The van der Waals surface area contributed by atoms with Crippen LogP contribution >= 0.6 is 11.8 Å². The van der Waals surface area contributed by atoms with Crippen LogP contribution < -0.4 is 4.90 Å². The number of carbonyl (C=O) groups is 4. The highest BCUT2D eigenvalue weighted by Crippen LogP contribution is 2.32. The van der Waals surface area contributed by atoms with Crippen molar-refractivity contribution in [2.75, 3.05) is 18.6 Å². The van der Waals surface area contributed by atoms with Crippen LogP contribution in [-0.2, 0) is 14.3 Å². The van der Waals surface area contributed by atoms with Gasteiger partial charge in [-0.3, -0.25) is 9.59 Å². The van der Waals surface area contributed by atoms with Crippen LogP contribution in [0.2, 0.25) is 0 Å². The van der Waals surface area contributed by atoms with E-state index in [9.17, 15) is 19.2 Å². The van der Waals surface area contributed by atoms with Gasteiger partial charge in [-0.25, -0.2) is 9.59 Å². The van der Waals surface area contributed by atoms with Crippen molar-refractivity contribution in [3.05, 3.63) is 29.3 Å². The van der Waals surface area contributed by atoms with Gasteiger partial charge >= 0.3 is 11.9 Å². The van der Waals surface area contributed by atoms with Crippen molar-refractivity contribution in [1.29, 1.82) is 0 Å². The third kappa shape index (κ3) is 3.70. The summed E-state index contributed by atoms with van der Waals surface area (Å²) in [5.74, 6) is -2.09. The van der Waals surface area contributed by atoms with E-state index in [1.165, 1.54) is 37.1 Å². The van der Waals surface area contributed by atoms with Crippen LogP contribution in [0.5, 0.6) is 0 Å². The number of carboxylic acids is 1. The molecule has 2 rings (SSSR count). The predicted molar refractivity (Wildman–Crippen MR) is 83.8 cm³/mol. The van der Waals surface area contributed by atoms with Gasteiger partial charge in [0, 0.05) is 25.1 Å². The van der Waals surface area contributed by atoms with Crippen LogP contribution in [0.1, 0.15) is 34.1 Å². The molecule has 23 heavy (non-hydrogen) atoms. The minimum atomic E-state index is -1.16. The summed E-state index contributed by atoms with van der Waals surface area (Å²) < 4.78 is 4.68. The quantitative estimate of drug-likeness (QED) is 0.832. The van der Waals surface area contributed by atoms with Gasteiger partial charge in [0.15, 0.2) is 5.12 Å². The normalized spacial score (nSPS) is 17.2. The van der Waals surface area contributed by atoms with Crippen molar-refractivity contribution in [3.63, 3.8) is 0 Å². The smallest absolute Gasteiger partial charge is 0.339 e. The Hall–Kier alpha value is -2.35. The highest BCUT2D eigenvalue weighted by Gasteiger charge is 2.34. The summed E-state index contributed by atoms with van der Waals surface area (Å²) in [6.45, 7) is 1.65.